The number of nitrogens with one attached hydrogen (secondary N) is 1. The zero-order chi connectivity index (χ0) is 15.5. The summed E-state index contributed by atoms with van der Waals surface area (Å²) < 4.78 is 0. The van der Waals surface area contributed by atoms with Gasteiger partial charge < -0.3 is 10.2 Å². The minimum absolute atomic E-state index is 0.229. The molecule has 2 fully saturated rings. The van der Waals surface area contributed by atoms with Crippen LogP contribution < -0.4 is 5.32 Å². The van der Waals surface area contributed by atoms with Gasteiger partial charge in [-0.1, -0.05) is 33.1 Å². The summed E-state index contributed by atoms with van der Waals surface area (Å²) in [6, 6.07) is 0. The third kappa shape index (κ3) is 5.25. The number of rotatable bonds is 5. The van der Waals surface area contributed by atoms with Crippen LogP contribution in [0.5, 0.6) is 0 Å². The summed E-state index contributed by atoms with van der Waals surface area (Å²) in [5.41, 5.74) is 0.640. The molecular formula is C19H38N2. The predicted molar refractivity (Wildman–Crippen MR) is 92.7 cm³/mol. The molecule has 2 rings (SSSR count). The largest absolute Gasteiger partial charge is 0.311 e. The topological polar surface area (TPSA) is 15.3 Å². The second-order valence-corrected chi connectivity index (χ2v) is 9.10. The Morgan fingerprint density at radius 2 is 1.67 bits per heavy atom. The quantitative estimate of drug-likeness (QED) is 0.813. The minimum Gasteiger partial charge on any atom is -0.311 e. The van der Waals surface area contributed by atoms with E-state index >= 15 is 0 Å². The van der Waals surface area contributed by atoms with Gasteiger partial charge in [0.05, 0.1) is 0 Å². The van der Waals surface area contributed by atoms with Crippen molar-refractivity contribution >= 4 is 0 Å². The van der Waals surface area contributed by atoms with Crippen LogP contribution in [0.3, 0.4) is 0 Å². The SMILES string of the molecule is CCC(C)(CNC(C)(C)C)CN1CCC2CCCCC2C1. The first-order valence-corrected chi connectivity index (χ1v) is 9.29. The average Bonchev–Trinajstić information content (AvgIpc) is 2.44. The molecule has 0 aromatic heterocycles. The Kier molecular flexibility index (Phi) is 5.76. The molecule has 1 saturated carbocycles. The molecule has 2 nitrogen and oxygen atoms in total. The summed E-state index contributed by atoms with van der Waals surface area (Å²) in [7, 11) is 0. The zero-order valence-corrected chi connectivity index (χ0v) is 15.2. The summed E-state index contributed by atoms with van der Waals surface area (Å²) >= 11 is 0. The fraction of sp³-hybridized carbons (Fsp3) is 1.00. The van der Waals surface area contributed by atoms with Gasteiger partial charge >= 0.3 is 0 Å². The average molecular weight is 295 g/mol. The Balaban J connectivity index is 1.86. The van der Waals surface area contributed by atoms with E-state index in [1.54, 1.807) is 0 Å². The lowest BCUT2D eigenvalue weighted by atomic mass is 9.74. The van der Waals surface area contributed by atoms with Gasteiger partial charge in [-0.2, -0.15) is 0 Å². The Hall–Kier alpha value is -0.0800. The van der Waals surface area contributed by atoms with Gasteiger partial charge in [-0.05, 0) is 63.8 Å². The molecule has 3 unspecified atom stereocenters. The Morgan fingerprint density at radius 1 is 1.00 bits per heavy atom. The Morgan fingerprint density at radius 3 is 2.29 bits per heavy atom. The fourth-order valence-corrected chi connectivity index (χ4v) is 4.13. The second-order valence-electron chi connectivity index (χ2n) is 9.10. The van der Waals surface area contributed by atoms with E-state index in [0.717, 1.165) is 18.4 Å². The van der Waals surface area contributed by atoms with Crippen molar-refractivity contribution in [1.82, 2.24) is 10.2 Å². The molecule has 1 aliphatic heterocycles. The number of fused-ring (bicyclic) bond motifs is 1. The van der Waals surface area contributed by atoms with Gasteiger partial charge in [0.1, 0.15) is 0 Å². The van der Waals surface area contributed by atoms with Crippen molar-refractivity contribution < 1.29 is 0 Å². The Bertz CT molecular complexity index is 320. The summed E-state index contributed by atoms with van der Waals surface area (Å²) in [5.74, 6) is 2.06. The van der Waals surface area contributed by atoms with Crippen LogP contribution in [-0.4, -0.2) is 36.6 Å². The van der Waals surface area contributed by atoms with Crippen molar-refractivity contribution in [2.24, 2.45) is 17.3 Å². The Labute approximate surface area is 133 Å². The van der Waals surface area contributed by atoms with Crippen LogP contribution in [0.15, 0.2) is 0 Å². The molecule has 0 aromatic rings. The monoisotopic (exact) mass is 294 g/mol. The molecule has 2 aliphatic rings. The molecule has 124 valence electrons. The molecule has 0 radical (unpaired) electrons. The smallest absolute Gasteiger partial charge is 0.00967 e. The maximum Gasteiger partial charge on any atom is 0.00967 e. The highest BCUT2D eigenvalue weighted by molar-refractivity contribution is 4.88. The van der Waals surface area contributed by atoms with Crippen molar-refractivity contribution in [2.75, 3.05) is 26.2 Å². The van der Waals surface area contributed by atoms with Crippen molar-refractivity contribution in [3.05, 3.63) is 0 Å². The standard InChI is InChI=1S/C19H38N2/c1-6-19(5,14-20-18(2,3)4)15-21-12-11-16-9-7-8-10-17(16)13-21/h16-17,20H,6-15H2,1-5H3. The second kappa shape index (κ2) is 7.00. The molecule has 1 N–H and O–H groups in total. The lowest BCUT2D eigenvalue weighted by molar-refractivity contribution is 0.0528. The molecule has 1 heterocycles. The van der Waals surface area contributed by atoms with Gasteiger partial charge in [-0.3, -0.25) is 0 Å². The highest BCUT2D eigenvalue weighted by Gasteiger charge is 2.34. The van der Waals surface area contributed by atoms with Crippen molar-refractivity contribution in [2.45, 2.75) is 78.7 Å². The number of piperidine rings is 1. The van der Waals surface area contributed by atoms with Crippen LogP contribution >= 0.6 is 0 Å². The summed E-state index contributed by atoms with van der Waals surface area (Å²) in [6.07, 6.45) is 8.69. The lowest BCUT2D eigenvalue weighted by Gasteiger charge is -2.45. The van der Waals surface area contributed by atoms with Crippen LogP contribution in [0.2, 0.25) is 0 Å². The van der Waals surface area contributed by atoms with Crippen molar-refractivity contribution in [3.8, 4) is 0 Å². The minimum atomic E-state index is 0.229. The van der Waals surface area contributed by atoms with E-state index < -0.39 is 0 Å². The first-order valence-electron chi connectivity index (χ1n) is 9.29. The summed E-state index contributed by atoms with van der Waals surface area (Å²) in [4.78, 5) is 2.78. The van der Waals surface area contributed by atoms with Gasteiger partial charge in [0, 0.05) is 25.2 Å². The number of hydrogen-bond acceptors (Lipinski definition) is 2. The van der Waals surface area contributed by atoms with E-state index in [2.05, 4.69) is 44.8 Å². The van der Waals surface area contributed by atoms with Crippen LogP contribution in [-0.2, 0) is 0 Å². The van der Waals surface area contributed by atoms with E-state index in [0.29, 0.717) is 5.41 Å². The van der Waals surface area contributed by atoms with E-state index in [1.165, 1.54) is 58.2 Å². The van der Waals surface area contributed by atoms with Crippen molar-refractivity contribution in [3.63, 3.8) is 0 Å². The maximum atomic E-state index is 3.73. The molecule has 1 aliphatic carbocycles. The zero-order valence-electron chi connectivity index (χ0n) is 15.2. The van der Waals surface area contributed by atoms with Crippen LogP contribution in [0.25, 0.3) is 0 Å². The summed E-state index contributed by atoms with van der Waals surface area (Å²) in [5, 5.41) is 3.73. The number of nitrogens with zero attached hydrogens (tertiary/aromatic N) is 1. The lowest BCUT2D eigenvalue weighted by Crippen LogP contribution is -2.50. The van der Waals surface area contributed by atoms with Crippen LogP contribution in [0.4, 0.5) is 0 Å². The third-order valence-electron chi connectivity index (χ3n) is 5.88. The predicted octanol–water partition coefficient (Wildman–Crippen LogP) is 4.30. The van der Waals surface area contributed by atoms with Crippen LogP contribution in [0, 0.1) is 17.3 Å². The molecule has 2 heteroatoms. The molecule has 0 amide bonds. The van der Waals surface area contributed by atoms with E-state index in [9.17, 15) is 0 Å². The van der Waals surface area contributed by atoms with Gasteiger partial charge in [0.2, 0.25) is 0 Å². The normalized spacial score (nSPS) is 30.7. The molecule has 0 bridgehead atoms. The molecule has 3 atom stereocenters. The first-order chi connectivity index (χ1) is 9.81. The maximum absolute atomic E-state index is 3.73. The first kappa shape index (κ1) is 17.3. The molecule has 1 saturated heterocycles. The van der Waals surface area contributed by atoms with Crippen molar-refractivity contribution in [1.29, 1.82) is 0 Å². The third-order valence-corrected chi connectivity index (χ3v) is 5.88. The van der Waals surface area contributed by atoms with E-state index in [-0.39, 0.29) is 5.54 Å². The molecule has 21 heavy (non-hydrogen) atoms. The van der Waals surface area contributed by atoms with Gasteiger partial charge in [-0.25, -0.2) is 0 Å². The number of hydrogen-bond donors (Lipinski definition) is 1. The van der Waals surface area contributed by atoms with Gasteiger partial charge in [-0.15, -0.1) is 0 Å². The molecule has 0 aromatic carbocycles. The summed E-state index contributed by atoms with van der Waals surface area (Å²) in [6.45, 7) is 16.8. The fourth-order valence-electron chi connectivity index (χ4n) is 4.13. The molecule has 0 spiro atoms. The number of likely N-dealkylation sites (tertiary alicyclic amines) is 1. The van der Waals surface area contributed by atoms with Gasteiger partial charge in [0.25, 0.3) is 0 Å². The van der Waals surface area contributed by atoms with E-state index in [4.69, 9.17) is 0 Å². The molecular weight excluding hydrogens is 256 g/mol. The van der Waals surface area contributed by atoms with Crippen LogP contribution in [0.1, 0.15) is 73.1 Å². The van der Waals surface area contributed by atoms with E-state index in [1.807, 2.05) is 0 Å². The highest BCUT2D eigenvalue weighted by Crippen LogP contribution is 2.37. The van der Waals surface area contributed by atoms with Gasteiger partial charge in [0.15, 0.2) is 0 Å². The highest BCUT2D eigenvalue weighted by atomic mass is 15.1.